The first kappa shape index (κ1) is 11.9. The number of para-hydroxylation sites is 1. The van der Waals surface area contributed by atoms with Crippen LogP contribution in [-0.4, -0.2) is 6.29 Å². The smallest absolute Gasteiger partial charge is 0.147 e. The van der Waals surface area contributed by atoms with Crippen molar-refractivity contribution in [3.8, 4) is 0 Å². The van der Waals surface area contributed by atoms with Gasteiger partial charge in [0.05, 0.1) is 5.03 Å². The monoisotopic (exact) mass is 247 g/mol. The van der Waals surface area contributed by atoms with E-state index in [1.807, 2.05) is 36.5 Å². The van der Waals surface area contributed by atoms with E-state index in [1.165, 1.54) is 0 Å². The normalized spacial score (nSPS) is 18.3. The fourth-order valence-corrected chi connectivity index (χ4v) is 2.13. The van der Waals surface area contributed by atoms with Crippen molar-refractivity contribution in [2.24, 2.45) is 0 Å². The number of carbonyl (C=O) groups is 1. The number of benzene rings is 1. The average molecular weight is 248 g/mol. The molecule has 0 aliphatic heterocycles. The van der Waals surface area contributed by atoms with Gasteiger partial charge in [-0.3, -0.25) is 4.79 Å². The molecule has 1 aromatic carbocycles. The summed E-state index contributed by atoms with van der Waals surface area (Å²) in [6, 6.07) is 9.87. The van der Waals surface area contributed by atoms with E-state index in [9.17, 15) is 4.79 Å². The first-order chi connectivity index (χ1) is 8.31. The van der Waals surface area contributed by atoms with E-state index < -0.39 is 0 Å². The van der Waals surface area contributed by atoms with Gasteiger partial charge < -0.3 is 5.32 Å². The first-order valence-corrected chi connectivity index (χ1v) is 6.04. The second kappa shape index (κ2) is 5.69. The Morgan fingerprint density at radius 3 is 2.65 bits per heavy atom. The van der Waals surface area contributed by atoms with Crippen molar-refractivity contribution in [3.63, 3.8) is 0 Å². The molecule has 3 heteroatoms. The Labute approximate surface area is 106 Å². The van der Waals surface area contributed by atoms with E-state index in [0.717, 1.165) is 36.8 Å². The van der Waals surface area contributed by atoms with Crippen molar-refractivity contribution in [1.82, 2.24) is 0 Å². The summed E-state index contributed by atoms with van der Waals surface area (Å²) < 4.78 is 0. The Morgan fingerprint density at radius 2 is 1.94 bits per heavy atom. The fraction of sp³-hybridized carbons (Fsp3) is 0.214. The Hall–Kier alpha value is -1.54. The van der Waals surface area contributed by atoms with Gasteiger partial charge in [-0.15, -0.1) is 0 Å². The highest BCUT2D eigenvalue weighted by Gasteiger charge is 2.14. The van der Waals surface area contributed by atoms with Crippen molar-refractivity contribution in [2.45, 2.75) is 19.3 Å². The lowest BCUT2D eigenvalue weighted by Gasteiger charge is -2.15. The van der Waals surface area contributed by atoms with Crippen LogP contribution in [0.25, 0.3) is 0 Å². The molecule has 1 aliphatic carbocycles. The number of hydrogen-bond acceptors (Lipinski definition) is 2. The minimum atomic E-state index is 0.606. The Bertz CT molecular complexity index is 462. The first-order valence-electron chi connectivity index (χ1n) is 5.66. The van der Waals surface area contributed by atoms with Crippen molar-refractivity contribution in [2.75, 3.05) is 5.32 Å². The zero-order valence-electron chi connectivity index (χ0n) is 9.45. The molecule has 0 unspecified atom stereocenters. The van der Waals surface area contributed by atoms with Crippen molar-refractivity contribution >= 4 is 23.6 Å². The molecule has 88 valence electrons. The number of halogens is 1. The number of nitrogens with one attached hydrogen (secondary N) is 1. The van der Waals surface area contributed by atoms with E-state index in [4.69, 9.17) is 11.6 Å². The summed E-state index contributed by atoms with van der Waals surface area (Å²) in [6.07, 6.45) is 5.42. The minimum Gasteiger partial charge on any atom is -0.361 e. The van der Waals surface area contributed by atoms with Gasteiger partial charge in [-0.2, -0.15) is 0 Å². The molecule has 2 rings (SSSR count). The van der Waals surface area contributed by atoms with E-state index >= 15 is 0 Å². The molecule has 0 radical (unpaired) electrons. The third-order valence-electron chi connectivity index (χ3n) is 2.79. The summed E-state index contributed by atoms with van der Waals surface area (Å²) in [5.74, 6) is 0. The van der Waals surface area contributed by atoms with Crippen molar-refractivity contribution < 1.29 is 4.79 Å². The van der Waals surface area contributed by atoms with Gasteiger partial charge in [0.1, 0.15) is 6.29 Å². The van der Waals surface area contributed by atoms with Gasteiger partial charge in [-0.25, -0.2) is 0 Å². The van der Waals surface area contributed by atoms with Gasteiger partial charge in [0.2, 0.25) is 0 Å². The summed E-state index contributed by atoms with van der Waals surface area (Å²) in [7, 11) is 0. The molecule has 0 aromatic heterocycles. The third kappa shape index (κ3) is 2.98. The standard InChI is InChI=1S/C14H14ClNO/c15-14-11(5-4-6-12(14)10-17)9-16-13-7-2-1-3-8-13/h1-3,7-10,16H,4-6H2/b11-9+. The van der Waals surface area contributed by atoms with E-state index in [0.29, 0.717) is 10.6 Å². The van der Waals surface area contributed by atoms with Crippen LogP contribution in [0.15, 0.2) is 52.7 Å². The largest absolute Gasteiger partial charge is 0.361 e. The van der Waals surface area contributed by atoms with Crippen LogP contribution in [0.4, 0.5) is 5.69 Å². The zero-order valence-corrected chi connectivity index (χ0v) is 10.2. The zero-order chi connectivity index (χ0) is 12.1. The van der Waals surface area contributed by atoms with E-state index in [1.54, 1.807) is 0 Å². The number of carbonyl (C=O) groups excluding carboxylic acids is 1. The minimum absolute atomic E-state index is 0.606. The SMILES string of the molecule is O=CC1=C(Cl)/C(=C/Nc2ccccc2)CCC1. The lowest BCUT2D eigenvalue weighted by molar-refractivity contribution is -0.105. The van der Waals surface area contributed by atoms with Crippen LogP contribution < -0.4 is 5.32 Å². The molecular weight excluding hydrogens is 234 g/mol. The topological polar surface area (TPSA) is 29.1 Å². The molecule has 1 aromatic rings. The molecule has 1 aliphatic rings. The van der Waals surface area contributed by atoms with Gasteiger partial charge in [0, 0.05) is 17.5 Å². The van der Waals surface area contributed by atoms with Crippen LogP contribution in [0.2, 0.25) is 0 Å². The molecule has 0 saturated heterocycles. The van der Waals surface area contributed by atoms with E-state index in [2.05, 4.69) is 5.32 Å². The average Bonchev–Trinajstić information content (AvgIpc) is 2.39. The van der Waals surface area contributed by atoms with Crippen LogP contribution >= 0.6 is 11.6 Å². The number of hydrogen-bond donors (Lipinski definition) is 1. The molecule has 0 spiro atoms. The molecule has 17 heavy (non-hydrogen) atoms. The number of allylic oxidation sites excluding steroid dienone is 3. The molecule has 0 amide bonds. The fourth-order valence-electron chi connectivity index (χ4n) is 1.85. The van der Waals surface area contributed by atoms with Crippen LogP contribution in [0.1, 0.15) is 19.3 Å². The molecule has 0 atom stereocenters. The highest BCUT2D eigenvalue weighted by molar-refractivity contribution is 6.33. The Kier molecular flexibility index (Phi) is 3.99. The maximum atomic E-state index is 10.8. The Morgan fingerprint density at radius 1 is 1.18 bits per heavy atom. The van der Waals surface area contributed by atoms with E-state index in [-0.39, 0.29) is 0 Å². The van der Waals surface area contributed by atoms with Gasteiger partial charge in [-0.1, -0.05) is 29.8 Å². The summed E-state index contributed by atoms with van der Waals surface area (Å²) >= 11 is 6.16. The second-order valence-corrected chi connectivity index (χ2v) is 4.37. The van der Waals surface area contributed by atoms with Crippen molar-refractivity contribution in [3.05, 3.63) is 52.7 Å². The van der Waals surface area contributed by atoms with Crippen LogP contribution in [0, 0.1) is 0 Å². The van der Waals surface area contributed by atoms with Gasteiger partial charge in [-0.05, 0) is 37.0 Å². The maximum Gasteiger partial charge on any atom is 0.147 e. The highest BCUT2D eigenvalue weighted by Crippen LogP contribution is 2.31. The van der Waals surface area contributed by atoms with Crippen LogP contribution in [-0.2, 0) is 4.79 Å². The molecule has 1 N–H and O–H groups in total. The quantitative estimate of drug-likeness (QED) is 0.822. The summed E-state index contributed by atoms with van der Waals surface area (Å²) in [5.41, 5.74) is 2.73. The summed E-state index contributed by atoms with van der Waals surface area (Å²) in [4.78, 5) is 10.8. The summed E-state index contributed by atoms with van der Waals surface area (Å²) in [6.45, 7) is 0. The van der Waals surface area contributed by atoms with Gasteiger partial charge in [0.15, 0.2) is 0 Å². The number of rotatable bonds is 3. The summed E-state index contributed by atoms with van der Waals surface area (Å²) in [5, 5.41) is 3.80. The highest BCUT2D eigenvalue weighted by atomic mass is 35.5. The van der Waals surface area contributed by atoms with Crippen LogP contribution in [0.5, 0.6) is 0 Å². The second-order valence-electron chi connectivity index (χ2n) is 3.99. The third-order valence-corrected chi connectivity index (χ3v) is 3.27. The predicted octanol–water partition coefficient (Wildman–Crippen LogP) is 3.86. The molecule has 0 saturated carbocycles. The molecule has 2 nitrogen and oxygen atoms in total. The van der Waals surface area contributed by atoms with Gasteiger partial charge in [0.25, 0.3) is 0 Å². The molecular formula is C14H14ClNO. The maximum absolute atomic E-state index is 10.8. The van der Waals surface area contributed by atoms with Crippen LogP contribution in [0.3, 0.4) is 0 Å². The predicted molar refractivity (Wildman–Crippen MR) is 70.9 cm³/mol. The lowest BCUT2D eigenvalue weighted by Crippen LogP contribution is -2.02. The van der Waals surface area contributed by atoms with Crippen molar-refractivity contribution in [1.29, 1.82) is 0 Å². The molecule has 0 heterocycles. The number of aldehydes is 1. The van der Waals surface area contributed by atoms with Gasteiger partial charge >= 0.3 is 0 Å². The molecule has 0 bridgehead atoms. The molecule has 0 fully saturated rings. The number of anilines is 1. The Balaban J connectivity index is 2.15. The lowest BCUT2D eigenvalue weighted by atomic mass is 9.96.